The summed E-state index contributed by atoms with van der Waals surface area (Å²) in [7, 11) is 0. The second kappa shape index (κ2) is 6.19. The number of hydrogen-bond donors (Lipinski definition) is 1. The van der Waals surface area contributed by atoms with Gasteiger partial charge in [0.15, 0.2) is 0 Å². The number of nitrogen functional groups attached to an aromatic ring is 1. The molecule has 126 valence electrons. The summed E-state index contributed by atoms with van der Waals surface area (Å²) in [6, 6.07) is 15.7. The zero-order valence-corrected chi connectivity index (χ0v) is 15.5. The molecule has 0 amide bonds. The van der Waals surface area contributed by atoms with E-state index in [-0.39, 0.29) is 12.1 Å². The van der Waals surface area contributed by atoms with Gasteiger partial charge in [-0.15, -0.1) is 0 Å². The smallest absolute Gasteiger partial charge is 0.338 e. The maximum atomic E-state index is 12.5. The Hall–Kier alpha value is -2.33. The third kappa shape index (κ3) is 2.81. The van der Waals surface area contributed by atoms with Crippen LogP contribution in [0.2, 0.25) is 0 Å². The molecule has 1 unspecified atom stereocenters. The van der Waals surface area contributed by atoms with Gasteiger partial charge in [0.05, 0.1) is 5.56 Å². The molecule has 0 spiro atoms. The van der Waals surface area contributed by atoms with E-state index in [2.05, 4.69) is 46.3 Å². The van der Waals surface area contributed by atoms with Crippen LogP contribution in [0.25, 0.3) is 10.8 Å². The highest BCUT2D eigenvalue weighted by Gasteiger charge is 2.20. The van der Waals surface area contributed by atoms with Crippen molar-refractivity contribution in [2.45, 2.75) is 25.9 Å². The summed E-state index contributed by atoms with van der Waals surface area (Å²) in [6.45, 7) is 1.92. The quantitative estimate of drug-likeness (QED) is 0.489. The minimum absolute atomic E-state index is 0.331. The topological polar surface area (TPSA) is 52.3 Å². The number of hydrogen-bond acceptors (Lipinski definition) is 3. The molecular weight excluding hydrogens is 378 g/mol. The molecule has 3 aromatic rings. The van der Waals surface area contributed by atoms with Gasteiger partial charge >= 0.3 is 5.97 Å². The van der Waals surface area contributed by atoms with Gasteiger partial charge in [-0.05, 0) is 75.8 Å². The van der Waals surface area contributed by atoms with Crippen molar-refractivity contribution in [1.82, 2.24) is 0 Å². The van der Waals surface area contributed by atoms with Crippen molar-refractivity contribution in [3.8, 4) is 0 Å². The third-order valence-electron chi connectivity index (χ3n) is 4.86. The van der Waals surface area contributed by atoms with Gasteiger partial charge in [-0.3, -0.25) is 0 Å². The molecule has 1 aliphatic carbocycles. The normalized spacial score (nSPS) is 13.8. The molecule has 0 saturated heterocycles. The number of nitrogens with two attached hydrogens (primary N) is 1. The van der Waals surface area contributed by atoms with Crippen molar-refractivity contribution in [3.63, 3.8) is 0 Å². The standard InChI is InChI=1S/C21H18BrNO2/c1-12(25-21(24)15-8-10-18(22)19(23)11-15)16-9-7-14-6-5-13-3-2-4-17(16)20(13)14/h2-4,7-12H,5-6,23H2,1H3. The molecule has 3 aromatic carbocycles. The number of aryl methyl sites for hydroxylation is 2. The predicted molar refractivity (Wildman–Crippen MR) is 104 cm³/mol. The maximum Gasteiger partial charge on any atom is 0.338 e. The third-order valence-corrected chi connectivity index (χ3v) is 5.59. The zero-order valence-electron chi connectivity index (χ0n) is 13.9. The van der Waals surface area contributed by atoms with E-state index in [1.165, 1.54) is 21.9 Å². The van der Waals surface area contributed by atoms with Gasteiger partial charge in [-0.1, -0.05) is 30.3 Å². The van der Waals surface area contributed by atoms with E-state index in [4.69, 9.17) is 10.5 Å². The molecule has 0 aromatic heterocycles. The molecule has 0 heterocycles. The van der Waals surface area contributed by atoms with Crippen molar-refractivity contribution in [2.24, 2.45) is 0 Å². The van der Waals surface area contributed by atoms with Crippen LogP contribution in [0.4, 0.5) is 5.69 Å². The van der Waals surface area contributed by atoms with E-state index in [1.54, 1.807) is 18.2 Å². The number of halogens is 1. The molecule has 3 nitrogen and oxygen atoms in total. The number of benzene rings is 3. The summed E-state index contributed by atoms with van der Waals surface area (Å²) in [4.78, 5) is 12.5. The highest BCUT2D eigenvalue weighted by Crippen LogP contribution is 2.36. The SMILES string of the molecule is CC(OC(=O)c1ccc(Br)c(N)c1)c1ccc2c3c(cccc13)CC2. The van der Waals surface area contributed by atoms with Crippen molar-refractivity contribution in [1.29, 1.82) is 0 Å². The van der Waals surface area contributed by atoms with Crippen molar-refractivity contribution in [2.75, 3.05) is 5.73 Å². The van der Waals surface area contributed by atoms with E-state index in [1.807, 2.05) is 6.92 Å². The predicted octanol–water partition coefficient (Wildman–Crippen LogP) is 5.20. The molecule has 0 bridgehead atoms. The average molecular weight is 396 g/mol. The number of anilines is 1. The number of ether oxygens (including phenoxy) is 1. The number of rotatable bonds is 3. The number of carbonyl (C=O) groups excluding carboxylic acids is 1. The largest absolute Gasteiger partial charge is 0.454 e. The molecule has 0 fully saturated rings. The fourth-order valence-electron chi connectivity index (χ4n) is 3.59. The van der Waals surface area contributed by atoms with Gasteiger partial charge in [-0.25, -0.2) is 4.79 Å². The first-order chi connectivity index (χ1) is 12.0. The molecule has 4 rings (SSSR count). The Morgan fingerprint density at radius 2 is 1.88 bits per heavy atom. The first-order valence-electron chi connectivity index (χ1n) is 8.34. The Balaban J connectivity index is 1.66. The van der Waals surface area contributed by atoms with Gasteiger partial charge in [0.1, 0.15) is 6.10 Å². The first-order valence-corrected chi connectivity index (χ1v) is 9.13. The molecule has 1 aliphatic rings. The zero-order chi connectivity index (χ0) is 17.6. The fourth-order valence-corrected chi connectivity index (χ4v) is 3.83. The van der Waals surface area contributed by atoms with Crippen molar-refractivity contribution in [3.05, 3.63) is 75.3 Å². The van der Waals surface area contributed by atoms with Crippen LogP contribution in [-0.4, -0.2) is 5.97 Å². The molecule has 2 N–H and O–H groups in total. The van der Waals surface area contributed by atoms with Gasteiger partial charge < -0.3 is 10.5 Å². The summed E-state index contributed by atoms with van der Waals surface area (Å²) in [5, 5.41) is 2.51. The Kier molecular flexibility index (Phi) is 4.00. The van der Waals surface area contributed by atoms with Crippen LogP contribution in [0.15, 0.2) is 53.0 Å². The Labute approximate surface area is 154 Å². The van der Waals surface area contributed by atoms with E-state index in [0.29, 0.717) is 11.3 Å². The monoisotopic (exact) mass is 395 g/mol. The lowest BCUT2D eigenvalue weighted by Gasteiger charge is -2.17. The van der Waals surface area contributed by atoms with Crippen LogP contribution >= 0.6 is 15.9 Å². The number of esters is 1. The molecule has 0 saturated carbocycles. The summed E-state index contributed by atoms with van der Waals surface area (Å²) in [6.07, 6.45) is 1.84. The van der Waals surface area contributed by atoms with Crippen LogP contribution in [0.1, 0.15) is 40.1 Å². The molecule has 25 heavy (non-hydrogen) atoms. The second-order valence-electron chi connectivity index (χ2n) is 6.44. The van der Waals surface area contributed by atoms with Gasteiger partial charge in [0, 0.05) is 15.7 Å². The first kappa shape index (κ1) is 16.2. The maximum absolute atomic E-state index is 12.5. The average Bonchev–Trinajstić information content (AvgIpc) is 3.02. The molecular formula is C21H18BrNO2. The Morgan fingerprint density at radius 1 is 1.12 bits per heavy atom. The lowest BCUT2D eigenvalue weighted by Crippen LogP contribution is -2.10. The lowest BCUT2D eigenvalue weighted by molar-refractivity contribution is 0.0341. The molecule has 0 aliphatic heterocycles. The molecule has 4 heteroatoms. The molecule has 1 atom stereocenters. The lowest BCUT2D eigenvalue weighted by atomic mass is 9.97. The van der Waals surface area contributed by atoms with E-state index in [0.717, 1.165) is 22.9 Å². The van der Waals surface area contributed by atoms with Gasteiger partial charge in [0.2, 0.25) is 0 Å². The van der Waals surface area contributed by atoms with Crippen LogP contribution in [-0.2, 0) is 17.6 Å². The van der Waals surface area contributed by atoms with Crippen molar-refractivity contribution >= 4 is 38.4 Å². The summed E-state index contributed by atoms with van der Waals surface area (Å²) in [5.41, 5.74) is 10.6. The van der Waals surface area contributed by atoms with E-state index in [9.17, 15) is 4.79 Å². The summed E-state index contributed by atoms with van der Waals surface area (Å²) in [5.74, 6) is -0.366. The van der Waals surface area contributed by atoms with E-state index < -0.39 is 0 Å². The highest BCUT2D eigenvalue weighted by molar-refractivity contribution is 9.10. The Bertz CT molecular complexity index is 986. The molecule has 0 radical (unpaired) electrons. The van der Waals surface area contributed by atoms with Crippen LogP contribution in [0.5, 0.6) is 0 Å². The van der Waals surface area contributed by atoms with Crippen molar-refractivity contribution < 1.29 is 9.53 Å². The minimum atomic E-state index is -0.366. The van der Waals surface area contributed by atoms with Crippen LogP contribution < -0.4 is 5.73 Å². The highest BCUT2D eigenvalue weighted by atomic mass is 79.9. The van der Waals surface area contributed by atoms with Crippen LogP contribution in [0.3, 0.4) is 0 Å². The van der Waals surface area contributed by atoms with Crippen LogP contribution in [0, 0.1) is 0 Å². The van der Waals surface area contributed by atoms with E-state index >= 15 is 0 Å². The van der Waals surface area contributed by atoms with Gasteiger partial charge in [0.25, 0.3) is 0 Å². The Morgan fingerprint density at radius 3 is 2.64 bits per heavy atom. The van der Waals surface area contributed by atoms with Gasteiger partial charge in [-0.2, -0.15) is 0 Å². The number of carbonyl (C=O) groups is 1. The fraction of sp³-hybridized carbons (Fsp3) is 0.190. The minimum Gasteiger partial charge on any atom is -0.454 e. The summed E-state index contributed by atoms with van der Waals surface area (Å²) >= 11 is 3.34. The second-order valence-corrected chi connectivity index (χ2v) is 7.29. The summed E-state index contributed by atoms with van der Waals surface area (Å²) < 4.78 is 6.48.